The minimum atomic E-state index is -0.380. The third-order valence-electron chi connectivity index (χ3n) is 5.40. The number of fused-ring (bicyclic) bond motifs is 1. The summed E-state index contributed by atoms with van der Waals surface area (Å²) in [5.74, 6) is 1.23. The van der Waals surface area contributed by atoms with Crippen molar-refractivity contribution in [3.63, 3.8) is 0 Å². The standard InChI is InChI=1S/C24H21N7OS/c1-14-7-6-10-18-20(14)23(32)31(16-8-4-3-5-9-16)22(29-18)15(2)28-21-17(11-26-24(25)30-21)19-12-33-13-27-19/h3-13,15H,1-2H3,(H3,25,26,28,30). The monoisotopic (exact) mass is 455 g/mol. The molecule has 5 aromatic rings. The van der Waals surface area contributed by atoms with E-state index in [4.69, 9.17) is 10.7 Å². The summed E-state index contributed by atoms with van der Waals surface area (Å²) in [5.41, 5.74) is 11.3. The van der Waals surface area contributed by atoms with E-state index in [0.717, 1.165) is 22.5 Å². The Bertz CT molecular complexity index is 1500. The molecule has 9 heteroatoms. The smallest absolute Gasteiger partial charge is 0.266 e. The van der Waals surface area contributed by atoms with Gasteiger partial charge in [0.25, 0.3) is 5.56 Å². The predicted octanol–water partition coefficient (Wildman–Crippen LogP) is 4.36. The van der Waals surface area contributed by atoms with Crippen LogP contribution >= 0.6 is 11.3 Å². The van der Waals surface area contributed by atoms with Gasteiger partial charge in [0.2, 0.25) is 5.95 Å². The first-order valence-corrected chi connectivity index (χ1v) is 11.3. The van der Waals surface area contributed by atoms with Gasteiger partial charge in [-0.3, -0.25) is 9.36 Å². The summed E-state index contributed by atoms with van der Waals surface area (Å²) >= 11 is 1.48. The van der Waals surface area contributed by atoms with Crippen molar-refractivity contribution in [1.29, 1.82) is 0 Å². The normalized spacial score (nSPS) is 12.1. The molecule has 1 unspecified atom stereocenters. The molecular weight excluding hydrogens is 434 g/mol. The third kappa shape index (κ3) is 3.83. The average Bonchev–Trinajstić information content (AvgIpc) is 3.34. The van der Waals surface area contributed by atoms with Crippen LogP contribution in [-0.4, -0.2) is 24.5 Å². The number of rotatable bonds is 5. The lowest BCUT2D eigenvalue weighted by atomic mass is 10.1. The highest BCUT2D eigenvalue weighted by atomic mass is 32.1. The van der Waals surface area contributed by atoms with Crippen LogP contribution in [0.3, 0.4) is 0 Å². The van der Waals surface area contributed by atoms with Crippen molar-refractivity contribution in [3.05, 3.63) is 87.4 Å². The van der Waals surface area contributed by atoms with Gasteiger partial charge in [-0.2, -0.15) is 4.98 Å². The van der Waals surface area contributed by atoms with Crippen LogP contribution in [0.15, 0.2) is 70.4 Å². The van der Waals surface area contributed by atoms with Crippen LogP contribution in [0.5, 0.6) is 0 Å². The fourth-order valence-corrected chi connectivity index (χ4v) is 4.39. The molecule has 0 radical (unpaired) electrons. The maximum Gasteiger partial charge on any atom is 0.266 e. The van der Waals surface area contributed by atoms with Crippen LogP contribution in [-0.2, 0) is 0 Å². The van der Waals surface area contributed by atoms with Crippen LogP contribution in [0.2, 0.25) is 0 Å². The van der Waals surface area contributed by atoms with E-state index in [2.05, 4.69) is 20.3 Å². The van der Waals surface area contributed by atoms with Crippen LogP contribution in [0, 0.1) is 6.92 Å². The zero-order valence-corrected chi connectivity index (χ0v) is 18.9. The minimum Gasteiger partial charge on any atom is -0.368 e. The number of nitrogen functional groups attached to an aromatic ring is 1. The number of hydrogen-bond donors (Lipinski definition) is 2. The molecule has 2 aromatic carbocycles. The number of anilines is 2. The Hall–Kier alpha value is -4.11. The molecule has 0 spiro atoms. The van der Waals surface area contributed by atoms with E-state index in [-0.39, 0.29) is 17.5 Å². The summed E-state index contributed by atoms with van der Waals surface area (Å²) in [4.78, 5) is 31.5. The van der Waals surface area contributed by atoms with Crippen molar-refractivity contribution < 1.29 is 0 Å². The SMILES string of the molecule is Cc1cccc2nc(C(C)Nc3nc(N)ncc3-c3cscn3)n(-c3ccccc3)c(=O)c12. The number of aryl methyl sites for hydroxylation is 1. The lowest BCUT2D eigenvalue weighted by Crippen LogP contribution is -2.28. The fraction of sp³-hybridized carbons (Fsp3) is 0.125. The number of thiazole rings is 1. The molecule has 0 saturated heterocycles. The summed E-state index contributed by atoms with van der Waals surface area (Å²) in [7, 11) is 0. The van der Waals surface area contributed by atoms with Crippen molar-refractivity contribution >= 4 is 34.0 Å². The second-order valence-corrected chi connectivity index (χ2v) is 8.36. The van der Waals surface area contributed by atoms with Crippen molar-refractivity contribution in [1.82, 2.24) is 24.5 Å². The van der Waals surface area contributed by atoms with E-state index in [1.165, 1.54) is 11.3 Å². The van der Waals surface area contributed by atoms with E-state index in [0.29, 0.717) is 22.5 Å². The van der Waals surface area contributed by atoms with Gasteiger partial charge in [0.05, 0.1) is 39.4 Å². The number of nitrogens with one attached hydrogen (secondary N) is 1. The Morgan fingerprint density at radius 2 is 1.88 bits per heavy atom. The minimum absolute atomic E-state index is 0.116. The van der Waals surface area contributed by atoms with Gasteiger partial charge < -0.3 is 11.1 Å². The van der Waals surface area contributed by atoms with Gasteiger partial charge in [-0.25, -0.2) is 15.0 Å². The Balaban J connectivity index is 1.68. The second kappa shape index (κ2) is 8.44. The van der Waals surface area contributed by atoms with Gasteiger partial charge in [-0.15, -0.1) is 11.3 Å². The Kier molecular flexibility index (Phi) is 5.31. The van der Waals surface area contributed by atoms with Gasteiger partial charge in [-0.05, 0) is 37.6 Å². The van der Waals surface area contributed by atoms with E-state index in [9.17, 15) is 4.79 Å². The lowest BCUT2D eigenvalue weighted by molar-refractivity contribution is 0.731. The van der Waals surface area contributed by atoms with Crippen LogP contribution < -0.4 is 16.6 Å². The predicted molar refractivity (Wildman–Crippen MR) is 132 cm³/mol. The third-order valence-corrected chi connectivity index (χ3v) is 5.99. The first kappa shape index (κ1) is 20.8. The molecule has 0 saturated carbocycles. The molecule has 0 aliphatic carbocycles. The van der Waals surface area contributed by atoms with Gasteiger partial charge in [0, 0.05) is 11.6 Å². The summed E-state index contributed by atoms with van der Waals surface area (Å²) in [6.07, 6.45) is 1.65. The molecule has 5 rings (SSSR count). The van der Waals surface area contributed by atoms with Gasteiger partial charge in [0.15, 0.2) is 0 Å². The molecule has 3 N–H and O–H groups in total. The van der Waals surface area contributed by atoms with Gasteiger partial charge >= 0.3 is 0 Å². The second-order valence-electron chi connectivity index (χ2n) is 7.65. The molecule has 0 amide bonds. The molecule has 0 aliphatic heterocycles. The highest BCUT2D eigenvalue weighted by molar-refractivity contribution is 7.07. The van der Waals surface area contributed by atoms with Crippen molar-refractivity contribution in [2.24, 2.45) is 0 Å². The highest BCUT2D eigenvalue weighted by Crippen LogP contribution is 2.29. The fourth-order valence-electron chi connectivity index (χ4n) is 3.84. The molecule has 8 nitrogen and oxygen atoms in total. The number of hydrogen-bond acceptors (Lipinski definition) is 8. The number of nitrogens with zero attached hydrogens (tertiary/aromatic N) is 5. The zero-order chi connectivity index (χ0) is 22.9. The summed E-state index contributed by atoms with van der Waals surface area (Å²) < 4.78 is 1.65. The van der Waals surface area contributed by atoms with E-state index < -0.39 is 0 Å². The number of nitrogens with two attached hydrogens (primary N) is 1. The summed E-state index contributed by atoms with van der Waals surface area (Å²) in [6.45, 7) is 3.86. The van der Waals surface area contributed by atoms with Crippen molar-refractivity contribution in [2.45, 2.75) is 19.9 Å². The van der Waals surface area contributed by atoms with Gasteiger partial charge in [-0.1, -0.05) is 30.3 Å². The van der Waals surface area contributed by atoms with Crippen molar-refractivity contribution in [3.8, 4) is 16.9 Å². The van der Waals surface area contributed by atoms with Crippen molar-refractivity contribution in [2.75, 3.05) is 11.1 Å². The van der Waals surface area contributed by atoms with Crippen LogP contribution in [0.1, 0.15) is 24.4 Å². The molecule has 1 atom stereocenters. The summed E-state index contributed by atoms with van der Waals surface area (Å²) in [5, 5.41) is 5.91. The molecule has 33 heavy (non-hydrogen) atoms. The molecule has 3 aromatic heterocycles. The highest BCUT2D eigenvalue weighted by Gasteiger charge is 2.21. The maximum atomic E-state index is 13.7. The first-order valence-electron chi connectivity index (χ1n) is 10.4. The lowest BCUT2D eigenvalue weighted by Gasteiger charge is -2.21. The molecule has 164 valence electrons. The number of benzene rings is 2. The Morgan fingerprint density at radius 1 is 1.06 bits per heavy atom. The van der Waals surface area contributed by atoms with Crippen LogP contribution in [0.25, 0.3) is 27.8 Å². The van der Waals surface area contributed by atoms with Crippen LogP contribution in [0.4, 0.5) is 11.8 Å². The van der Waals surface area contributed by atoms with E-state index in [1.807, 2.05) is 67.8 Å². The summed E-state index contributed by atoms with van der Waals surface area (Å²) in [6, 6.07) is 14.8. The number of aromatic nitrogens is 5. The Morgan fingerprint density at radius 3 is 2.64 bits per heavy atom. The number of para-hydroxylation sites is 1. The molecular formula is C24H21N7OS. The van der Waals surface area contributed by atoms with Gasteiger partial charge in [0.1, 0.15) is 11.6 Å². The quantitative estimate of drug-likeness (QED) is 0.405. The largest absolute Gasteiger partial charge is 0.368 e. The van der Waals surface area contributed by atoms with E-state index >= 15 is 0 Å². The Labute approximate surface area is 193 Å². The molecule has 0 aliphatic rings. The topological polar surface area (TPSA) is 112 Å². The molecule has 0 fully saturated rings. The maximum absolute atomic E-state index is 13.7. The van der Waals surface area contributed by atoms with E-state index in [1.54, 1.807) is 16.3 Å². The average molecular weight is 456 g/mol. The zero-order valence-electron chi connectivity index (χ0n) is 18.1. The molecule has 0 bridgehead atoms. The molecule has 3 heterocycles. The first-order chi connectivity index (χ1) is 16.0.